The van der Waals surface area contributed by atoms with Gasteiger partial charge in [0.25, 0.3) is 0 Å². The summed E-state index contributed by atoms with van der Waals surface area (Å²) in [5.74, 6) is -1.16. The molecule has 0 aromatic rings. The van der Waals surface area contributed by atoms with Gasteiger partial charge in [0.1, 0.15) is 5.78 Å². The van der Waals surface area contributed by atoms with E-state index in [1.54, 1.807) is 7.11 Å². The van der Waals surface area contributed by atoms with E-state index in [1.807, 2.05) is 0 Å². The first-order chi connectivity index (χ1) is 10.1. The average molecular weight is 296 g/mol. The van der Waals surface area contributed by atoms with Crippen molar-refractivity contribution in [2.45, 2.75) is 32.1 Å². The fourth-order valence-corrected chi connectivity index (χ4v) is 2.65. The Bertz CT molecular complexity index is 465. The molecule has 1 aliphatic carbocycles. The Hall–Kier alpha value is -1.53. The summed E-state index contributed by atoms with van der Waals surface area (Å²) >= 11 is 0. The van der Waals surface area contributed by atoms with E-state index in [4.69, 9.17) is 9.47 Å². The Morgan fingerprint density at radius 1 is 1.19 bits per heavy atom. The maximum absolute atomic E-state index is 12.1. The minimum absolute atomic E-state index is 0.129. The molecular weight excluding hydrogens is 276 g/mol. The Kier molecular flexibility index (Phi) is 5.64. The maximum Gasteiger partial charge on any atom is 0.342 e. The van der Waals surface area contributed by atoms with Gasteiger partial charge in [0.2, 0.25) is 0 Å². The molecule has 1 aliphatic heterocycles. The van der Waals surface area contributed by atoms with Gasteiger partial charge in [-0.3, -0.25) is 4.79 Å². The number of hydrogen-bond donors (Lipinski definition) is 0. The van der Waals surface area contributed by atoms with Gasteiger partial charge in [-0.15, -0.1) is 0 Å². The summed E-state index contributed by atoms with van der Waals surface area (Å²) in [5.41, 5.74) is 0.868. The Balaban J connectivity index is 1.74. The predicted octanol–water partition coefficient (Wildman–Crippen LogP) is 1.18. The van der Waals surface area contributed by atoms with Gasteiger partial charge in [-0.25, -0.2) is 9.59 Å². The number of ketones is 1. The van der Waals surface area contributed by atoms with Gasteiger partial charge >= 0.3 is 11.9 Å². The third-order valence-electron chi connectivity index (χ3n) is 3.83. The molecule has 0 radical (unpaired) electrons. The number of methoxy groups -OCH3 is 1. The van der Waals surface area contributed by atoms with Crippen molar-refractivity contribution in [2.24, 2.45) is 5.92 Å². The van der Waals surface area contributed by atoms with Crippen molar-refractivity contribution < 1.29 is 28.6 Å². The van der Waals surface area contributed by atoms with Gasteiger partial charge < -0.3 is 14.2 Å². The largest absolute Gasteiger partial charge is 0.386 e. The first kappa shape index (κ1) is 15.9. The van der Waals surface area contributed by atoms with Crippen molar-refractivity contribution in [3.8, 4) is 0 Å². The molecule has 0 fully saturated rings. The highest BCUT2D eigenvalue weighted by molar-refractivity contribution is 6.13. The number of cyclic esters (lactones) is 2. The van der Waals surface area contributed by atoms with E-state index in [-0.39, 0.29) is 11.7 Å². The van der Waals surface area contributed by atoms with Gasteiger partial charge in [0.15, 0.2) is 0 Å². The summed E-state index contributed by atoms with van der Waals surface area (Å²) in [6.45, 7) is 1.60. The lowest BCUT2D eigenvalue weighted by Crippen LogP contribution is -2.21. The van der Waals surface area contributed by atoms with E-state index in [1.165, 1.54) is 0 Å². The first-order valence-corrected chi connectivity index (χ1v) is 7.21. The summed E-state index contributed by atoms with van der Waals surface area (Å²) < 4.78 is 14.7. The van der Waals surface area contributed by atoms with Crippen LogP contribution in [0.5, 0.6) is 0 Å². The Morgan fingerprint density at radius 3 is 2.71 bits per heavy atom. The quantitative estimate of drug-likeness (QED) is 0.380. The summed E-state index contributed by atoms with van der Waals surface area (Å²) in [6, 6.07) is 0. The van der Waals surface area contributed by atoms with Crippen LogP contribution < -0.4 is 0 Å². The van der Waals surface area contributed by atoms with Crippen LogP contribution in [0.4, 0.5) is 0 Å². The van der Waals surface area contributed by atoms with Gasteiger partial charge in [-0.2, -0.15) is 0 Å². The van der Waals surface area contributed by atoms with Gasteiger partial charge in [-0.1, -0.05) is 0 Å². The third-order valence-corrected chi connectivity index (χ3v) is 3.83. The third kappa shape index (κ3) is 3.98. The highest BCUT2D eigenvalue weighted by Gasteiger charge is 2.38. The lowest BCUT2D eigenvalue weighted by atomic mass is 9.81. The molecule has 2 aliphatic rings. The van der Waals surface area contributed by atoms with Crippen molar-refractivity contribution in [1.29, 1.82) is 0 Å². The van der Waals surface area contributed by atoms with Crippen LogP contribution in [0, 0.1) is 5.92 Å². The summed E-state index contributed by atoms with van der Waals surface area (Å²) in [7, 11) is 1.61. The average Bonchev–Trinajstić information content (AvgIpc) is 2.77. The first-order valence-electron chi connectivity index (χ1n) is 7.21. The molecular formula is C15H20O6. The number of hydrogen-bond acceptors (Lipinski definition) is 6. The molecule has 0 saturated heterocycles. The van der Waals surface area contributed by atoms with Crippen LogP contribution in [-0.4, -0.2) is 44.7 Å². The minimum atomic E-state index is -0.574. The molecule has 6 heteroatoms. The van der Waals surface area contributed by atoms with E-state index in [0.717, 1.165) is 0 Å². The number of esters is 2. The molecule has 6 nitrogen and oxygen atoms in total. The number of ether oxygens (including phenoxy) is 3. The number of rotatable bonds is 8. The van der Waals surface area contributed by atoms with Crippen molar-refractivity contribution in [3.05, 3.63) is 11.1 Å². The molecule has 2 rings (SSSR count). The molecule has 0 spiro atoms. The smallest absolute Gasteiger partial charge is 0.342 e. The molecule has 0 N–H and O–H groups in total. The van der Waals surface area contributed by atoms with Crippen LogP contribution in [-0.2, 0) is 28.6 Å². The second-order valence-electron chi connectivity index (χ2n) is 5.25. The van der Waals surface area contributed by atoms with Gasteiger partial charge in [0.05, 0.1) is 13.2 Å². The molecule has 0 amide bonds. The second-order valence-corrected chi connectivity index (χ2v) is 5.25. The van der Waals surface area contributed by atoms with Crippen LogP contribution in [0.2, 0.25) is 0 Å². The zero-order valence-electron chi connectivity index (χ0n) is 12.2. The van der Waals surface area contributed by atoms with Gasteiger partial charge in [-0.05, 0) is 25.7 Å². The highest BCUT2D eigenvalue weighted by atomic mass is 16.6. The maximum atomic E-state index is 12.1. The van der Waals surface area contributed by atoms with E-state index in [0.29, 0.717) is 63.1 Å². The van der Waals surface area contributed by atoms with Crippen molar-refractivity contribution >= 4 is 17.7 Å². The SMILES string of the molecule is COCCOCCCC(=O)C1CCC2=C(C1)C(=O)OC2=O. The number of carbonyl (C=O) groups excluding carboxylic acids is 3. The Morgan fingerprint density at radius 2 is 1.95 bits per heavy atom. The summed E-state index contributed by atoms with van der Waals surface area (Å²) in [6.07, 6.45) is 2.51. The fraction of sp³-hybridized carbons (Fsp3) is 0.667. The van der Waals surface area contributed by atoms with Crippen molar-refractivity contribution in [3.63, 3.8) is 0 Å². The molecule has 116 valence electrons. The Labute approximate surface area is 123 Å². The second kappa shape index (κ2) is 7.47. The highest BCUT2D eigenvalue weighted by Crippen LogP contribution is 2.35. The van der Waals surface area contributed by atoms with Crippen molar-refractivity contribution in [1.82, 2.24) is 0 Å². The zero-order chi connectivity index (χ0) is 15.2. The molecule has 1 heterocycles. The van der Waals surface area contributed by atoms with Crippen LogP contribution in [0.25, 0.3) is 0 Å². The predicted molar refractivity (Wildman–Crippen MR) is 72.4 cm³/mol. The topological polar surface area (TPSA) is 78.9 Å². The van der Waals surface area contributed by atoms with E-state index in [2.05, 4.69) is 4.74 Å². The lowest BCUT2D eigenvalue weighted by Gasteiger charge is -2.19. The van der Waals surface area contributed by atoms with E-state index < -0.39 is 11.9 Å². The summed E-state index contributed by atoms with van der Waals surface area (Å²) in [5, 5.41) is 0. The van der Waals surface area contributed by atoms with Crippen molar-refractivity contribution in [2.75, 3.05) is 26.9 Å². The molecule has 0 bridgehead atoms. The molecule has 21 heavy (non-hydrogen) atoms. The monoisotopic (exact) mass is 296 g/mol. The van der Waals surface area contributed by atoms with E-state index >= 15 is 0 Å². The lowest BCUT2D eigenvalue weighted by molar-refractivity contribution is -0.151. The summed E-state index contributed by atoms with van der Waals surface area (Å²) in [4.78, 5) is 35.0. The van der Waals surface area contributed by atoms with Crippen LogP contribution in [0.1, 0.15) is 32.1 Å². The molecule has 0 aromatic carbocycles. The molecule has 0 aromatic heterocycles. The van der Waals surface area contributed by atoms with Gasteiger partial charge in [0, 0.05) is 37.2 Å². The molecule has 0 saturated carbocycles. The minimum Gasteiger partial charge on any atom is -0.386 e. The molecule has 1 unspecified atom stereocenters. The van der Waals surface area contributed by atoms with Crippen LogP contribution >= 0.6 is 0 Å². The normalized spacial score (nSPS) is 21.5. The number of Topliss-reactive ketones (excluding diaryl/α,β-unsaturated/α-hetero) is 1. The standard InChI is InChI=1S/C15H20O6/c1-19-7-8-20-6-2-3-13(16)10-4-5-11-12(9-10)15(18)21-14(11)17/h10H,2-9H2,1H3. The zero-order valence-corrected chi connectivity index (χ0v) is 12.2. The van der Waals surface area contributed by atoms with Crippen LogP contribution in [0.3, 0.4) is 0 Å². The van der Waals surface area contributed by atoms with E-state index in [9.17, 15) is 14.4 Å². The fourth-order valence-electron chi connectivity index (χ4n) is 2.65. The van der Waals surface area contributed by atoms with Crippen LogP contribution in [0.15, 0.2) is 11.1 Å². The molecule has 1 atom stereocenters. The number of carbonyl (C=O) groups is 3.